The molecule has 0 radical (unpaired) electrons. The fraction of sp³-hybridized carbons (Fsp3) is 0.400. The Morgan fingerprint density at radius 2 is 1.76 bits per heavy atom. The molecule has 1 aliphatic rings. The molecule has 1 aromatic rings. The quantitative estimate of drug-likeness (QED) is 0.838. The maximum absolute atomic E-state index is 12.2. The SMILES string of the molecule is O=S(=O)(c1ccc(Cl)c(Cl)c1)N1CCOCC1. The molecule has 0 amide bonds. The van der Waals surface area contributed by atoms with Gasteiger partial charge in [-0.05, 0) is 18.2 Å². The number of ether oxygens (including phenoxy) is 1. The molecule has 0 aromatic heterocycles. The number of rotatable bonds is 2. The summed E-state index contributed by atoms with van der Waals surface area (Å²) < 4.78 is 30.9. The molecule has 0 spiro atoms. The first kappa shape index (κ1) is 13.1. The van der Waals surface area contributed by atoms with Crippen molar-refractivity contribution in [3.8, 4) is 0 Å². The summed E-state index contributed by atoms with van der Waals surface area (Å²) >= 11 is 11.6. The van der Waals surface area contributed by atoms with Crippen LogP contribution in [0.1, 0.15) is 0 Å². The van der Waals surface area contributed by atoms with Crippen molar-refractivity contribution < 1.29 is 13.2 Å². The molecule has 1 saturated heterocycles. The van der Waals surface area contributed by atoms with Crippen LogP contribution in [0.3, 0.4) is 0 Å². The molecule has 0 N–H and O–H groups in total. The van der Waals surface area contributed by atoms with Crippen molar-refractivity contribution >= 4 is 33.2 Å². The average Bonchev–Trinajstić information content (AvgIpc) is 2.33. The molecule has 0 atom stereocenters. The second-order valence-corrected chi connectivity index (χ2v) is 6.34. The maximum Gasteiger partial charge on any atom is 0.243 e. The molecule has 1 fully saturated rings. The summed E-state index contributed by atoms with van der Waals surface area (Å²) in [6, 6.07) is 4.31. The van der Waals surface area contributed by atoms with Gasteiger partial charge < -0.3 is 4.74 Å². The highest BCUT2D eigenvalue weighted by Gasteiger charge is 2.26. The molecule has 4 nitrogen and oxygen atoms in total. The van der Waals surface area contributed by atoms with Gasteiger partial charge in [-0.15, -0.1) is 0 Å². The van der Waals surface area contributed by atoms with E-state index in [0.717, 1.165) is 0 Å². The van der Waals surface area contributed by atoms with Crippen molar-refractivity contribution in [2.45, 2.75) is 4.90 Å². The first-order valence-corrected chi connectivity index (χ1v) is 7.24. The topological polar surface area (TPSA) is 46.6 Å². The predicted octanol–water partition coefficient (Wildman–Crippen LogP) is 2.01. The maximum atomic E-state index is 12.2. The smallest absolute Gasteiger partial charge is 0.243 e. The van der Waals surface area contributed by atoms with Crippen LogP contribution in [0.2, 0.25) is 10.0 Å². The Labute approximate surface area is 110 Å². The summed E-state index contributed by atoms with van der Waals surface area (Å²) in [5.74, 6) is 0. The lowest BCUT2D eigenvalue weighted by molar-refractivity contribution is 0.0730. The molecule has 17 heavy (non-hydrogen) atoms. The van der Waals surface area contributed by atoms with Crippen molar-refractivity contribution in [2.75, 3.05) is 26.3 Å². The van der Waals surface area contributed by atoms with Crippen LogP contribution >= 0.6 is 23.2 Å². The molecule has 1 aliphatic heterocycles. The van der Waals surface area contributed by atoms with Crippen LogP contribution in [0.15, 0.2) is 23.1 Å². The predicted molar refractivity (Wildman–Crippen MR) is 66.0 cm³/mol. The molecular weight excluding hydrogens is 285 g/mol. The molecule has 94 valence electrons. The van der Waals surface area contributed by atoms with Crippen LogP contribution in [0.5, 0.6) is 0 Å². The molecule has 1 heterocycles. The van der Waals surface area contributed by atoms with Crippen LogP contribution < -0.4 is 0 Å². The van der Waals surface area contributed by atoms with Gasteiger partial charge in [-0.2, -0.15) is 4.31 Å². The highest BCUT2D eigenvalue weighted by atomic mass is 35.5. The van der Waals surface area contributed by atoms with Gasteiger partial charge in [0.2, 0.25) is 10.0 Å². The monoisotopic (exact) mass is 295 g/mol. The second kappa shape index (κ2) is 5.12. The van der Waals surface area contributed by atoms with Crippen LogP contribution in [0.25, 0.3) is 0 Å². The van der Waals surface area contributed by atoms with E-state index >= 15 is 0 Å². The fourth-order valence-electron chi connectivity index (χ4n) is 1.57. The number of hydrogen-bond acceptors (Lipinski definition) is 3. The normalized spacial score (nSPS) is 18.2. The lowest BCUT2D eigenvalue weighted by Crippen LogP contribution is -2.40. The second-order valence-electron chi connectivity index (χ2n) is 3.59. The Balaban J connectivity index is 2.33. The molecular formula is C10H11Cl2NO3S. The molecule has 0 unspecified atom stereocenters. The lowest BCUT2D eigenvalue weighted by atomic mass is 10.4. The highest BCUT2D eigenvalue weighted by molar-refractivity contribution is 7.89. The van der Waals surface area contributed by atoms with Crippen LogP contribution in [-0.2, 0) is 14.8 Å². The van der Waals surface area contributed by atoms with E-state index < -0.39 is 10.0 Å². The Kier molecular flexibility index (Phi) is 3.95. The largest absolute Gasteiger partial charge is 0.379 e. The average molecular weight is 296 g/mol. The van der Waals surface area contributed by atoms with E-state index in [1.165, 1.54) is 22.5 Å². The van der Waals surface area contributed by atoms with Gasteiger partial charge in [0.15, 0.2) is 0 Å². The van der Waals surface area contributed by atoms with E-state index in [-0.39, 0.29) is 9.92 Å². The zero-order chi connectivity index (χ0) is 12.5. The van der Waals surface area contributed by atoms with Crippen LogP contribution in [-0.4, -0.2) is 39.0 Å². The number of morpholine rings is 1. The Morgan fingerprint density at radius 1 is 1.12 bits per heavy atom. The number of benzene rings is 1. The van der Waals surface area contributed by atoms with Crippen LogP contribution in [0, 0.1) is 0 Å². The van der Waals surface area contributed by atoms with Crippen molar-refractivity contribution in [1.82, 2.24) is 4.31 Å². The zero-order valence-corrected chi connectivity index (χ0v) is 11.2. The van der Waals surface area contributed by atoms with Gasteiger partial charge in [-0.1, -0.05) is 23.2 Å². The van der Waals surface area contributed by atoms with E-state index in [0.29, 0.717) is 31.3 Å². The minimum Gasteiger partial charge on any atom is -0.379 e. The van der Waals surface area contributed by atoms with Crippen molar-refractivity contribution in [2.24, 2.45) is 0 Å². The summed E-state index contributed by atoms with van der Waals surface area (Å²) in [5, 5.41) is 0.577. The van der Waals surface area contributed by atoms with Gasteiger partial charge in [-0.3, -0.25) is 0 Å². The molecule has 7 heteroatoms. The zero-order valence-electron chi connectivity index (χ0n) is 8.90. The number of sulfonamides is 1. The van der Waals surface area contributed by atoms with Crippen molar-refractivity contribution in [3.05, 3.63) is 28.2 Å². The molecule has 0 bridgehead atoms. The van der Waals surface area contributed by atoms with E-state index in [1.807, 2.05) is 0 Å². The third-order valence-electron chi connectivity index (χ3n) is 2.50. The summed E-state index contributed by atoms with van der Waals surface area (Å²) in [5.41, 5.74) is 0. The summed E-state index contributed by atoms with van der Waals surface area (Å²) in [6.07, 6.45) is 0. The van der Waals surface area contributed by atoms with Crippen molar-refractivity contribution in [1.29, 1.82) is 0 Å². The van der Waals surface area contributed by atoms with Gasteiger partial charge in [0, 0.05) is 13.1 Å². The van der Waals surface area contributed by atoms with E-state index in [1.54, 1.807) is 0 Å². The minimum absolute atomic E-state index is 0.161. The van der Waals surface area contributed by atoms with Crippen LogP contribution in [0.4, 0.5) is 0 Å². The molecule has 2 rings (SSSR count). The van der Waals surface area contributed by atoms with Crippen molar-refractivity contribution in [3.63, 3.8) is 0 Å². The Hall–Kier alpha value is -0.330. The van der Waals surface area contributed by atoms with Gasteiger partial charge in [0.1, 0.15) is 0 Å². The third kappa shape index (κ3) is 2.74. The minimum atomic E-state index is -3.49. The molecule has 0 aliphatic carbocycles. The number of hydrogen-bond donors (Lipinski definition) is 0. The van der Waals surface area contributed by atoms with Gasteiger partial charge >= 0.3 is 0 Å². The number of halogens is 2. The lowest BCUT2D eigenvalue weighted by Gasteiger charge is -2.26. The highest BCUT2D eigenvalue weighted by Crippen LogP contribution is 2.26. The standard InChI is InChI=1S/C10H11Cl2NO3S/c11-9-2-1-8(7-10(9)12)17(14,15)13-3-5-16-6-4-13/h1-2,7H,3-6H2. The molecule has 0 saturated carbocycles. The first-order chi connectivity index (χ1) is 8.01. The van der Waals surface area contributed by atoms with Gasteiger partial charge in [-0.25, -0.2) is 8.42 Å². The number of nitrogens with zero attached hydrogens (tertiary/aromatic N) is 1. The van der Waals surface area contributed by atoms with E-state index in [9.17, 15) is 8.42 Å². The third-order valence-corrected chi connectivity index (χ3v) is 5.13. The Morgan fingerprint density at radius 3 is 2.35 bits per heavy atom. The van der Waals surface area contributed by atoms with E-state index in [2.05, 4.69) is 0 Å². The molecule has 1 aromatic carbocycles. The van der Waals surface area contributed by atoms with Gasteiger partial charge in [0.25, 0.3) is 0 Å². The summed E-state index contributed by atoms with van der Waals surface area (Å²) in [7, 11) is -3.49. The first-order valence-electron chi connectivity index (χ1n) is 5.05. The summed E-state index contributed by atoms with van der Waals surface area (Å²) in [6.45, 7) is 1.56. The van der Waals surface area contributed by atoms with Gasteiger partial charge in [0.05, 0.1) is 28.2 Å². The summed E-state index contributed by atoms with van der Waals surface area (Å²) in [4.78, 5) is 0.161. The Bertz CT molecular complexity index is 512. The fourth-order valence-corrected chi connectivity index (χ4v) is 3.37. The van der Waals surface area contributed by atoms with E-state index in [4.69, 9.17) is 27.9 Å².